The third kappa shape index (κ3) is 5.54. The number of nitrogens with one attached hydrogen (secondary N) is 1. The standard InChI is InChI=1S/C26H30N6O6/c1-5-37-21-12-17(9-10-20(21)34)13-27-29-25-28-23-22(24(35)31(4)26(36)30(23)3)32(25)14-18(33)15-38-19-8-6-7-16(2)11-19/h6-13,18,33-34H,5,14-15H2,1-4H3,(H,28,29)/b27-13+. The zero-order valence-electron chi connectivity index (χ0n) is 21.6. The van der Waals surface area contributed by atoms with Crippen molar-refractivity contribution < 1.29 is 19.7 Å². The zero-order chi connectivity index (χ0) is 27.4. The molecule has 0 fully saturated rings. The molecule has 0 saturated carbocycles. The summed E-state index contributed by atoms with van der Waals surface area (Å²) in [6.07, 6.45) is 0.477. The Morgan fingerprint density at radius 1 is 1.13 bits per heavy atom. The molecule has 2 aromatic carbocycles. The quantitative estimate of drug-likeness (QED) is 0.211. The number of aliphatic hydroxyl groups is 1. The molecule has 4 rings (SSSR count). The Morgan fingerprint density at radius 3 is 2.66 bits per heavy atom. The molecule has 0 saturated heterocycles. The van der Waals surface area contributed by atoms with Gasteiger partial charge in [-0.05, 0) is 55.3 Å². The summed E-state index contributed by atoms with van der Waals surface area (Å²) >= 11 is 0. The van der Waals surface area contributed by atoms with E-state index in [0.717, 1.165) is 10.1 Å². The van der Waals surface area contributed by atoms with Gasteiger partial charge in [0.1, 0.15) is 18.5 Å². The Hall–Kier alpha value is -4.58. The highest BCUT2D eigenvalue weighted by Gasteiger charge is 2.21. The summed E-state index contributed by atoms with van der Waals surface area (Å²) in [5.74, 6) is 1.09. The lowest BCUT2D eigenvalue weighted by Crippen LogP contribution is -2.38. The number of aromatic nitrogens is 4. The van der Waals surface area contributed by atoms with Crippen LogP contribution in [0.2, 0.25) is 0 Å². The van der Waals surface area contributed by atoms with E-state index in [0.29, 0.717) is 23.7 Å². The Morgan fingerprint density at radius 2 is 1.92 bits per heavy atom. The van der Waals surface area contributed by atoms with Gasteiger partial charge in [-0.25, -0.2) is 10.2 Å². The highest BCUT2D eigenvalue weighted by molar-refractivity contribution is 5.81. The van der Waals surface area contributed by atoms with Crippen LogP contribution < -0.4 is 26.1 Å². The molecule has 2 aromatic heterocycles. The summed E-state index contributed by atoms with van der Waals surface area (Å²) in [6, 6.07) is 12.2. The van der Waals surface area contributed by atoms with E-state index in [1.54, 1.807) is 18.2 Å². The number of nitrogens with zero attached hydrogens (tertiary/aromatic N) is 5. The van der Waals surface area contributed by atoms with Crippen molar-refractivity contribution in [3.63, 3.8) is 0 Å². The second kappa shape index (κ2) is 11.2. The molecule has 4 aromatic rings. The number of ether oxygens (including phenoxy) is 2. The molecular weight excluding hydrogens is 492 g/mol. The molecule has 0 aliphatic carbocycles. The smallest absolute Gasteiger partial charge is 0.332 e. The number of fused-ring (bicyclic) bond motifs is 1. The summed E-state index contributed by atoms with van der Waals surface area (Å²) in [7, 11) is 2.89. The van der Waals surface area contributed by atoms with E-state index in [4.69, 9.17) is 9.47 Å². The van der Waals surface area contributed by atoms with Crippen molar-refractivity contribution in [2.75, 3.05) is 18.6 Å². The maximum absolute atomic E-state index is 13.0. The van der Waals surface area contributed by atoms with Crippen LogP contribution in [0.5, 0.6) is 17.2 Å². The minimum atomic E-state index is -1.01. The molecule has 3 N–H and O–H groups in total. The number of phenolic OH excluding ortho intramolecular Hbond substituents is 1. The Kier molecular flexibility index (Phi) is 7.82. The average Bonchev–Trinajstić information content (AvgIpc) is 3.25. The SMILES string of the molecule is CCOc1cc(/C=N/Nc2nc3c(c(=O)n(C)c(=O)n3C)n2CC(O)COc2cccc(C)c2)ccc1O. The molecular formula is C26H30N6O6. The number of rotatable bonds is 10. The van der Waals surface area contributed by atoms with Crippen LogP contribution >= 0.6 is 0 Å². The van der Waals surface area contributed by atoms with Crippen LogP contribution in [0.25, 0.3) is 11.2 Å². The summed E-state index contributed by atoms with van der Waals surface area (Å²) in [6.45, 7) is 4.05. The van der Waals surface area contributed by atoms with Crippen LogP contribution in [0.4, 0.5) is 5.95 Å². The third-order valence-corrected chi connectivity index (χ3v) is 5.84. The van der Waals surface area contributed by atoms with Gasteiger partial charge in [0.2, 0.25) is 5.95 Å². The number of imidazole rings is 1. The van der Waals surface area contributed by atoms with Crippen molar-refractivity contribution in [1.82, 2.24) is 18.7 Å². The van der Waals surface area contributed by atoms with E-state index in [-0.39, 0.29) is 36.0 Å². The molecule has 0 radical (unpaired) electrons. The van der Waals surface area contributed by atoms with Crippen molar-refractivity contribution in [3.8, 4) is 17.2 Å². The first kappa shape index (κ1) is 26.5. The Balaban J connectivity index is 1.64. The lowest BCUT2D eigenvalue weighted by Gasteiger charge is -2.15. The van der Waals surface area contributed by atoms with Crippen molar-refractivity contribution in [3.05, 3.63) is 74.4 Å². The lowest BCUT2D eigenvalue weighted by molar-refractivity contribution is 0.0938. The minimum Gasteiger partial charge on any atom is -0.504 e. The Bertz CT molecular complexity index is 1600. The lowest BCUT2D eigenvalue weighted by atomic mass is 10.2. The summed E-state index contributed by atoms with van der Waals surface area (Å²) < 4.78 is 14.8. The largest absolute Gasteiger partial charge is 0.504 e. The predicted molar refractivity (Wildman–Crippen MR) is 143 cm³/mol. The van der Waals surface area contributed by atoms with Crippen molar-refractivity contribution >= 4 is 23.3 Å². The van der Waals surface area contributed by atoms with Crippen LogP contribution in [0, 0.1) is 6.92 Å². The van der Waals surface area contributed by atoms with Gasteiger partial charge in [0.25, 0.3) is 5.56 Å². The molecule has 2 heterocycles. The van der Waals surface area contributed by atoms with Gasteiger partial charge in [0, 0.05) is 14.1 Å². The summed E-state index contributed by atoms with van der Waals surface area (Å²) in [4.78, 5) is 29.9. The number of aryl methyl sites for hydroxylation is 2. The number of hydrogen-bond donors (Lipinski definition) is 3. The molecule has 0 aliphatic heterocycles. The van der Waals surface area contributed by atoms with E-state index >= 15 is 0 Å². The fourth-order valence-corrected chi connectivity index (χ4v) is 3.92. The Labute approximate surface area is 218 Å². The summed E-state index contributed by atoms with van der Waals surface area (Å²) in [5.41, 5.74) is 3.65. The van der Waals surface area contributed by atoms with Crippen LogP contribution in [-0.4, -0.2) is 54.4 Å². The van der Waals surface area contributed by atoms with E-state index in [1.807, 2.05) is 32.0 Å². The molecule has 1 atom stereocenters. The third-order valence-electron chi connectivity index (χ3n) is 5.84. The maximum atomic E-state index is 13.0. The van der Waals surface area contributed by atoms with E-state index in [2.05, 4.69) is 15.5 Å². The number of hydrazone groups is 1. The van der Waals surface area contributed by atoms with Gasteiger partial charge in [-0.3, -0.25) is 13.9 Å². The maximum Gasteiger partial charge on any atom is 0.332 e. The number of hydrogen-bond acceptors (Lipinski definition) is 9. The predicted octanol–water partition coefficient (Wildman–Crippen LogP) is 1.73. The van der Waals surface area contributed by atoms with Gasteiger partial charge >= 0.3 is 5.69 Å². The average molecular weight is 523 g/mol. The molecule has 1 unspecified atom stereocenters. The van der Waals surface area contributed by atoms with Gasteiger partial charge in [-0.15, -0.1) is 0 Å². The molecule has 0 spiro atoms. The van der Waals surface area contributed by atoms with Crippen LogP contribution in [0.15, 0.2) is 57.2 Å². The highest BCUT2D eigenvalue weighted by Crippen LogP contribution is 2.26. The van der Waals surface area contributed by atoms with E-state index in [1.165, 1.54) is 35.5 Å². The molecule has 12 nitrogen and oxygen atoms in total. The summed E-state index contributed by atoms with van der Waals surface area (Å²) in [5, 5.41) is 24.9. The second-order valence-corrected chi connectivity index (χ2v) is 8.74. The first-order valence-electron chi connectivity index (χ1n) is 12.0. The normalized spacial score (nSPS) is 12.2. The van der Waals surface area contributed by atoms with Gasteiger partial charge < -0.3 is 24.3 Å². The first-order valence-corrected chi connectivity index (χ1v) is 12.0. The fourth-order valence-electron chi connectivity index (χ4n) is 3.92. The zero-order valence-corrected chi connectivity index (χ0v) is 21.6. The highest BCUT2D eigenvalue weighted by atomic mass is 16.5. The second-order valence-electron chi connectivity index (χ2n) is 8.74. The number of aliphatic hydroxyl groups excluding tert-OH is 1. The van der Waals surface area contributed by atoms with Gasteiger partial charge in [0.05, 0.1) is 19.4 Å². The van der Waals surface area contributed by atoms with Crippen LogP contribution in [0.1, 0.15) is 18.1 Å². The molecule has 200 valence electrons. The molecule has 0 aliphatic rings. The number of anilines is 1. The molecule has 0 amide bonds. The number of phenols is 1. The van der Waals surface area contributed by atoms with E-state index in [9.17, 15) is 19.8 Å². The van der Waals surface area contributed by atoms with Crippen molar-refractivity contribution in [2.45, 2.75) is 26.5 Å². The topological polar surface area (TPSA) is 145 Å². The van der Waals surface area contributed by atoms with Crippen molar-refractivity contribution in [1.29, 1.82) is 0 Å². The van der Waals surface area contributed by atoms with E-state index < -0.39 is 17.4 Å². The minimum absolute atomic E-state index is 0.0115. The van der Waals surface area contributed by atoms with Gasteiger partial charge in [0.15, 0.2) is 22.7 Å². The molecule has 12 heteroatoms. The van der Waals surface area contributed by atoms with Gasteiger partial charge in [-0.1, -0.05) is 12.1 Å². The molecule has 0 bridgehead atoms. The number of aromatic hydroxyl groups is 1. The first-order chi connectivity index (χ1) is 18.2. The van der Waals surface area contributed by atoms with Gasteiger partial charge in [-0.2, -0.15) is 10.1 Å². The van der Waals surface area contributed by atoms with Crippen molar-refractivity contribution in [2.24, 2.45) is 19.2 Å². The number of benzene rings is 2. The monoisotopic (exact) mass is 522 g/mol. The van der Waals surface area contributed by atoms with Crippen LogP contribution in [0.3, 0.4) is 0 Å². The fraction of sp³-hybridized carbons (Fsp3) is 0.308. The van der Waals surface area contributed by atoms with Crippen LogP contribution in [-0.2, 0) is 20.6 Å². The molecule has 38 heavy (non-hydrogen) atoms.